The molecule has 0 aromatic heterocycles. The number of carbonyl (C=O) groups excluding carboxylic acids is 1. The number of halogens is 4. The smallest absolute Gasteiger partial charge is 0.342 e. The minimum Gasteiger partial charge on any atom is -0.342 e. The van der Waals surface area contributed by atoms with Crippen molar-refractivity contribution in [3.8, 4) is 0 Å². The van der Waals surface area contributed by atoms with Gasteiger partial charge >= 0.3 is 6.18 Å². The van der Waals surface area contributed by atoms with Gasteiger partial charge in [-0.15, -0.1) is 11.6 Å². The molecule has 0 aliphatic rings. The van der Waals surface area contributed by atoms with E-state index in [1.807, 2.05) is 6.92 Å². The summed E-state index contributed by atoms with van der Waals surface area (Å²) in [5.74, 6) is -0.215. The van der Waals surface area contributed by atoms with E-state index in [1.165, 1.54) is 4.90 Å². The maximum absolute atomic E-state index is 11.9. The lowest BCUT2D eigenvalue weighted by Crippen LogP contribution is -2.34. The van der Waals surface area contributed by atoms with Crippen LogP contribution in [0.4, 0.5) is 13.2 Å². The normalized spacial score (nSPS) is 11.6. The molecule has 0 bridgehead atoms. The van der Waals surface area contributed by atoms with E-state index in [9.17, 15) is 18.0 Å². The molecule has 0 rings (SSSR count). The maximum atomic E-state index is 11.9. The van der Waals surface area contributed by atoms with E-state index in [1.54, 1.807) is 0 Å². The summed E-state index contributed by atoms with van der Waals surface area (Å²) < 4.78 is 35.8. The molecule has 0 unspecified atom stereocenters. The van der Waals surface area contributed by atoms with Gasteiger partial charge in [0.15, 0.2) is 0 Å². The Hall–Kier alpha value is -0.450. The molecule has 16 heavy (non-hydrogen) atoms. The van der Waals surface area contributed by atoms with Crippen LogP contribution in [0.2, 0.25) is 0 Å². The van der Waals surface area contributed by atoms with Gasteiger partial charge in [0.2, 0.25) is 5.91 Å². The fraction of sp³-hybridized carbons (Fsp3) is 0.900. The number of nitrogens with zero attached hydrogens (tertiary/aromatic N) is 1. The van der Waals surface area contributed by atoms with Crippen LogP contribution in [0.25, 0.3) is 0 Å². The first-order valence-electron chi connectivity index (χ1n) is 5.31. The van der Waals surface area contributed by atoms with E-state index in [0.29, 0.717) is 13.1 Å². The van der Waals surface area contributed by atoms with Crippen LogP contribution in [0.3, 0.4) is 0 Å². The molecule has 0 aliphatic heterocycles. The average molecular weight is 260 g/mol. The second-order valence-electron chi connectivity index (χ2n) is 3.54. The third-order valence-corrected chi connectivity index (χ3v) is 2.28. The summed E-state index contributed by atoms with van der Waals surface area (Å²) in [6, 6.07) is 0. The van der Waals surface area contributed by atoms with E-state index in [-0.39, 0.29) is 5.88 Å². The summed E-state index contributed by atoms with van der Waals surface area (Å²) in [4.78, 5) is 12.9. The number of hydrogen-bond acceptors (Lipinski definition) is 1. The number of alkyl halides is 4. The lowest BCUT2D eigenvalue weighted by Gasteiger charge is -2.21. The number of amides is 1. The maximum Gasteiger partial charge on any atom is 0.389 e. The van der Waals surface area contributed by atoms with Crippen molar-refractivity contribution in [2.75, 3.05) is 19.0 Å². The predicted octanol–water partition coefficient (Wildman–Crippen LogP) is 3.20. The van der Waals surface area contributed by atoms with Crippen LogP contribution in [-0.4, -0.2) is 36.0 Å². The summed E-state index contributed by atoms with van der Waals surface area (Å²) in [5.41, 5.74) is 0. The summed E-state index contributed by atoms with van der Waals surface area (Å²) in [7, 11) is 0. The molecule has 96 valence electrons. The van der Waals surface area contributed by atoms with Crippen LogP contribution in [0.1, 0.15) is 32.6 Å². The molecule has 2 nitrogen and oxygen atoms in total. The first-order chi connectivity index (χ1) is 7.40. The van der Waals surface area contributed by atoms with Crippen LogP contribution < -0.4 is 0 Å². The van der Waals surface area contributed by atoms with Crippen molar-refractivity contribution in [2.24, 2.45) is 0 Å². The van der Waals surface area contributed by atoms with Crippen molar-refractivity contribution in [3.63, 3.8) is 0 Å². The Kier molecular flexibility index (Phi) is 7.55. The molecule has 0 radical (unpaired) electrons. The molecule has 0 atom stereocenters. The largest absolute Gasteiger partial charge is 0.389 e. The molecule has 0 fully saturated rings. The highest BCUT2D eigenvalue weighted by Gasteiger charge is 2.28. The van der Waals surface area contributed by atoms with Crippen LogP contribution >= 0.6 is 11.6 Å². The molecule has 0 spiro atoms. The minimum absolute atomic E-state index is 0.251. The second kappa shape index (κ2) is 7.76. The Balaban J connectivity index is 4.05. The Labute approximate surface area is 98.7 Å². The van der Waals surface area contributed by atoms with Gasteiger partial charge in [0.1, 0.15) is 0 Å². The second-order valence-corrected chi connectivity index (χ2v) is 3.92. The van der Waals surface area contributed by atoms with Gasteiger partial charge in [0.05, 0.1) is 6.42 Å². The first kappa shape index (κ1) is 15.6. The van der Waals surface area contributed by atoms with Crippen LogP contribution in [-0.2, 0) is 4.79 Å². The molecule has 1 amide bonds. The van der Waals surface area contributed by atoms with Crippen LogP contribution in [0.5, 0.6) is 0 Å². The van der Waals surface area contributed by atoms with Crippen molar-refractivity contribution in [1.82, 2.24) is 4.90 Å². The van der Waals surface area contributed by atoms with Gasteiger partial charge in [-0.1, -0.05) is 13.3 Å². The zero-order chi connectivity index (χ0) is 12.6. The van der Waals surface area contributed by atoms with Gasteiger partial charge in [0, 0.05) is 25.4 Å². The van der Waals surface area contributed by atoms with E-state index in [0.717, 1.165) is 12.8 Å². The van der Waals surface area contributed by atoms with Gasteiger partial charge in [-0.05, 0) is 6.42 Å². The van der Waals surface area contributed by atoms with Crippen LogP contribution in [0, 0.1) is 0 Å². The van der Waals surface area contributed by atoms with Gasteiger partial charge in [-0.25, -0.2) is 0 Å². The molecule has 0 saturated heterocycles. The van der Waals surface area contributed by atoms with Crippen LogP contribution in [0.15, 0.2) is 0 Å². The molecule has 0 N–H and O–H groups in total. The van der Waals surface area contributed by atoms with Crippen molar-refractivity contribution in [2.45, 2.75) is 38.8 Å². The molecular formula is C10H17ClF3NO. The lowest BCUT2D eigenvalue weighted by molar-refractivity contribution is -0.149. The van der Waals surface area contributed by atoms with E-state index in [4.69, 9.17) is 11.6 Å². The van der Waals surface area contributed by atoms with E-state index in [2.05, 4.69) is 0 Å². The zero-order valence-corrected chi connectivity index (χ0v) is 10.1. The fourth-order valence-corrected chi connectivity index (χ4v) is 1.42. The Morgan fingerprint density at radius 3 is 2.38 bits per heavy atom. The third kappa shape index (κ3) is 7.79. The van der Waals surface area contributed by atoms with Crippen molar-refractivity contribution in [1.29, 1.82) is 0 Å². The molecular weight excluding hydrogens is 243 g/mol. The Morgan fingerprint density at radius 1 is 1.31 bits per heavy atom. The molecule has 0 aromatic carbocycles. The zero-order valence-electron chi connectivity index (χ0n) is 9.32. The van der Waals surface area contributed by atoms with Crippen molar-refractivity contribution < 1.29 is 18.0 Å². The monoisotopic (exact) mass is 259 g/mol. The molecule has 6 heteroatoms. The summed E-state index contributed by atoms with van der Waals surface area (Å²) in [5, 5.41) is 0. The molecule has 0 aromatic rings. The highest BCUT2D eigenvalue weighted by atomic mass is 35.5. The summed E-state index contributed by atoms with van der Waals surface area (Å²) in [6.45, 7) is 2.76. The highest BCUT2D eigenvalue weighted by molar-refractivity contribution is 6.18. The summed E-state index contributed by atoms with van der Waals surface area (Å²) >= 11 is 5.49. The van der Waals surface area contributed by atoms with Gasteiger partial charge in [-0.2, -0.15) is 13.2 Å². The standard InChI is InChI=1S/C10H17ClF3NO/c1-2-3-7-15(8-6-11)9(16)4-5-10(12,13)14/h2-8H2,1H3. The van der Waals surface area contributed by atoms with Gasteiger partial charge in [0.25, 0.3) is 0 Å². The lowest BCUT2D eigenvalue weighted by atomic mass is 10.2. The quantitative estimate of drug-likeness (QED) is 0.643. The Bertz CT molecular complexity index is 209. The number of carbonyl (C=O) groups is 1. The summed E-state index contributed by atoms with van der Waals surface area (Å²) in [6.07, 6.45) is -4.13. The number of rotatable bonds is 7. The topological polar surface area (TPSA) is 20.3 Å². The third-order valence-electron chi connectivity index (χ3n) is 2.11. The first-order valence-corrected chi connectivity index (χ1v) is 5.84. The minimum atomic E-state index is -4.27. The predicted molar refractivity (Wildman–Crippen MR) is 57.5 cm³/mol. The van der Waals surface area contributed by atoms with E-state index >= 15 is 0 Å². The van der Waals surface area contributed by atoms with Crippen molar-refractivity contribution >= 4 is 17.5 Å². The van der Waals surface area contributed by atoms with Gasteiger partial charge in [-0.3, -0.25) is 4.79 Å². The van der Waals surface area contributed by atoms with Crippen molar-refractivity contribution in [3.05, 3.63) is 0 Å². The average Bonchev–Trinajstić information content (AvgIpc) is 2.19. The van der Waals surface area contributed by atoms with E-state index < -0.39 is 24.9 Å². The molecule has 0 saturated carbocycles. The molecule has 0 heterocycles. The number of unbranched alkanes of at least 4 members (excludes halogenated alkanes) is 1. The SMILES string of the molecule is CCCCN(CCCl)C(=O)CCC(F)(F)F. The fourth-order valence-electron chi connectivity index (χ4n) is 1.22. The Morgan fingerprint density at radius 2 is 1.94 bits per heavy atom. The molecule has 0 aliphatic carbocycles. The highest BCUT2D eigenvalue weighted by Crippen LogP contribution is 2.21. The number of hydrogen-bond donors (Lipinski definition) is 0. The van der Waals surface area contributed by atoms with Gasteiger partial charge < -0.3 is 4.90 Å².